The molecular formula is C14H21N5O. The highest BCUT2D eigenvalue weighted by molar-refractivity contribution is 5.91. The number of aryl methyl sites for hydroxylation is 1. The van der Waals surface area contributed by atoms with Crippen LogP contribution in [0, 0.1) is 6.92 Å². The van der Waals surface area contributed by atoms with Gasteiger partial charge < -0.3 is 10.3 Å². The van der Waals surface area contributed by atoms with E-state index in [1.165, 1.54) is 0 Å². The Hall–Kier alpha value is -2.11. The highest BCUT2D eigenvalue weighted by Crippen LogP contribution is 2.21. The summed E-state index contributed by atoms with van der Waals surface area (Å²) in [5.41, 5.74) is 1.71. The third-order valence-electron chi connectivity index (χ3n) is 3.32. The number of anilines is 1. The van der Waals surface area contributed by atoms with Crippen LogP contribution >= 0.6 is 0 Å². The van der Waals surface area contributed by atoms with Crippen molar-refractivity contribution >= 4 is 11.7 Å². The molecule has 0 saturated carbocycles. The van der Waals surface area contributed by atoms with Crippen molar-refractivity contribution in [2.45, 2.75) is 46.1 Å². The normalized spacial score (nSPS) is 11.0. The van der Waals surface area contributed by atoms with Crippen LogP contribution in [0.25, 0.3) is 0 Å². The van der Waals surface area contributed by atoms with Crippen molar-refractivity contribution < 1.29 is 4.79 Å². The molecule has 1 amide bonds. The van der Waals surface area contributed by atoms with E-state index in [4.69, 9.17) is 0 Å². The molecule has 0 saturated heterocycles. The van der Waals surface area contributed by atoms with Crippen molar-refractivity contribution in [3.05, 3.63) is 30.0 Å². The van der Waals surface area contributed by atoms with Crippen molar-refractivity contribution in [1.29, 1.82) is 0 Å². The van der Waals surface area contributed by atoms with Crippen LogP contribution in [0.3, 0.4) is 0 Å². The first-order chi connectivity index (χ1) is 9.63. The third kappa shape index (κ3) is 3.26. The predicted molar refractivity (Wildman–Crippen MR) is 77.5 cm³/mol. The fourth-order valence-corrected chi connectivity index (χ4v) is 2.26. The van der Waals surface area contributed by atoms with E-state index in [9.17, 15) is 4.79 Å². The zero-order valence-corrected chi connectivity index (χ0v) is 12.2. The Labute approximate surface area is 118 Å². The second-order valence-electron chi connectivity index (χ2n) is 4.89. The lowest BCUT2D eigenvalue weighted by Crippen LogP contribution is -2.19. The number of amides is 1. The maximum Gasteiger partial charge on any atom is 0.231 e. The quantitative estimate of drug-likeness (QED) is 0.850. The number of carbonyl (C=O) groups is 1. The molecule has 0 aliphatic heterocycles. The standard InChI is InChI=1S/C14H21N5O/c1-4-12(5-2)19-13(6-10(3)18-19)17-14(20)7-11-8-15-9-16-11/h6,8-9,12H,4-5,7H2,1-3H3,(H,15,16)(H,17,20). The van der Waals surface area contributed by atoms with Gasteiger partial charge in [0, 0.05) is 18.0 Å². The van der Waals surface area contributed by atoms with Gasteiger partial charge in [-0.15, -0.1) is 0 Å². The number of imidazole rings is 1. The van der Waals surface area contributed by atoms with Crippen LogP contribution in [0.4, 0.5) is 5.82 Å². The SMILES string of the molecule is CCC(CC)n1nc(C)cc1NC(=O)Cc1cnc[nH]1. The first-order valence-corrected chi connectivity index (χ1v) is 6.97. The average Bonchev–Trinajstić information content (AvgIpc) is 3.02. The fraction of sp³-hybridized carbons (Fsp3) is 0.500. The zero-order chi connectivity index (χ0) is 14.5. The van der Waals surface area contributed by atoms with Crippen LogP contribution in [0.2, 0.25) is 0 Å². The number of rotatable bonds is 6. The van der Waals surface area contributed by atoms with Crippen LogP contribution in [0.5, 0.6) is 0 Å². The number of hydrogen-bond acceptors (Lipinski definition) is 3. The molecule has 0 aliphatic rings. The van der Waals surface area contributed by atoms with E-state index in [0.717, 1.165) is 30.0 Å². The lowest BCUT2D eigenvalue weighted by Gasteiger charge is -2.16. The number of nitrogens with zero attached hydrogens (tertiary/aromatic N) is 3. The van der Waals surface area contributed by atoms with Crippen molar-refractivity contribution in [2.24, 2.45) is 0 Å². The number of carbonyl (C=O) groups excluding carboxylic acids is 1. The van der Waals surface area contributed by atoms with E-state index in [-0.39, 0.29) is 12.3 Å². The van der Waals surface area contributed by atoms with Gasteiger partial charge in [-0.25, -0.2) is 9.67 Å². The third-order valence-corrected chi connectivity index (χ3v) is 3.32. The monoisotopic (exact) mass is 275 g/mol. The first-order valence-electron chi connectivity index (χ1n) is 6.97. The minimum atomic E-state index is -0.0682. The van der Waals surface area contributed by atoms with E-state index in [2.05, 4.69) is 34.2 Å². The van der Waals surface area contributed by atoms with Gasteiger partial charge in [-0.1, -0.05) is 13.8 Å². The molecular weight excluding hydrogens is 254 g/mol. The minimum Gasteiger partial charge on any atom is -0.348 e. The van der Waals surface area contributed by atoms with Crippen molar-refractivity contribution in [2.75, 3.05) is 5.32 Å². The minimum absolute atomic E-state index is 0.0682. The largest absolute Gasteiger partial charge is 0.348 e. The highest BCUT2D eigenvalue weighted by atomic mass is 16.1. The fourth-order valence-electron chi connectivity index (χ4n) is 2.26. The van der Waals surface area contributed by atoms with Gasteiger partial charge in [-0.05, 0) is 19.8 Å². The van der Waals surface area contributed by atoms with Gasteiger partial charge in [0.05, 0.1) is 24.5 Å². The van der Waals surface area contributed by atoms with Crippen LogP contribution in [0.15, 0.2) is 18.6 Å². The van der Waals surface area contributed by atoms with E-state index in [0.29, 0.717) is 6.04 Å². The topological polar surface area (TPSA) is 75.6 Å². The van der Waals surface area contributed by atoms with Crippen LogP contribution in [-0.4, -0.2) is 25.7 Å². The van der Waals surface area contributed by atoms with Gasteiger partial charge in [0.1, 0.15) is 5.82 Å². The highest BCUT2D eigenvalue weighted by Gasteiger charge is 2.15. The molecule has 6 nitrogen and oxygen atoms in total. The molecule has 0 spiro atoms. The summed E-state index contributed by atoms with van der Waals surface area (Å²) in [6, 6.07) is 2.22. The number of aromatic nitrogens is 4. The van der Waals surface area contributed by atoms with Gasteiger partial charge in [0.2, 0.25) is 5.91 Å². The van der Waals surface area contributed by atoms with Gasteiger partial charge in [-0.2, -0.15) is 5.10 Å². The summed E-state index contributed by atoms with van der Waals surface area (Å²) in [7, 11) is 0. The molecule has 6 heteroatoms. The second-order valence-corrected chi connectivity index (χ2v) is 4.89. The summed E-state index contributed by atoms with van der Waals surface area (Å²) in [4.78, 5) is 18.9. The number of H-pyrrole nitrogens is 1. The molecule has 2 aromatic heterocycles. The summed E-state index contributed by atoms with van der Waals surface area (Å²) < 4.78 is 1.92. The number of nitrogens with one attached hydrogen (secondary N) is 2. The molecule has 108 valence electrons. The van der Waals surface area contributed by atoms with Gasteiger partial charge in [0.25, 0.3) is 0 Å². The smallest absolute Gasteiger partial charge is 0.231 e. The Morgan fingerprint density at radius 1 is 1.45 bits per heavy atom. The number of aromatic amines is 1. The molecule has 20 heavy (non-hydrogen) atoms. The van der Waals surface area contributed by atoms with Crippen molar-refractivity contribution in [1.82, 2.24) is 19.7 Å². The molecule has 2 N–H and O–H groups in total. The van der Waals surface area contributed by atoms with E-state index in [1.807, 2.05) is 17.7 Å². The Morgan fingerprint density at radius 3 is 2.80 bits per heavy atom. The summed E-state index contributed by atoms with van der Waals surface area (Å²) in [5.74, 6) is 0.696. The second kappa shape index (κ2) is 6.36. The maximum atomic E-state index is 12.0. The lowest BCUT2D eigenvalue weighted by atomic mass is 10.2. The number of hydrogen-bond donors (Lipinski definition) is 2. The summed E-state index contributed by atoms with van der Waals surface area (Å²) in [6.07, 6.45) is 5.49. The van der Waals surface area contributed by atoms with Gasteiger partial charge in [-0.3, -0.25) is 4.79 Å². The Morgan fingerprint density at radius 2 is 2.20 bits per heavy atom. The molecule has 0 aromatic carbocycles. The summed E-state index contributed by atoms with van der Waals surface area (Å²) >= 11 is 0. The molecule has 0 bridgehead atoms. The maximum absolute atomic E-state index is 12.0. The molecule has 0 aliphatic carbocycles. The average molecular weight is 275 g/mol. The van der Waals surface area contributed by atoms with Crippen LogP contribution < -0.4 is 5.32 Å². The molecule has 2 rings (SSSR count). The van der Waals surface area contributed by atoms with E-state index in [1.54, 1.807) is 12.5 Å². The Kier molecular flexibility index (Phi) is 4.55. The first kappa shape index (κ1) is 14.3. The van der Waals surface area contributed by atoms with Gasteiger partial charge >= 0.3 is 0 Å². The molecule has 2 heterocycles. The van der Waals surface area contributed by atoms with Crippen molar-refractivity contribution in [3.63, 3.8) is 0 Å². The Bertz CT molecular complexity index is 554. The Balaban J connectivity index is 2.10. The summed E-state index contributed by atoms with van der Waals surface area (Å²) in [5, 5.41) is 7.42. The molecule has 2 aromatic rings. The van der Waals surface area contributed by atoms with Crippen molar-refractivity contribution in [3.8, 4) is 0 Å². The van der Waals surface area contributed by atoms with E-state index < -0.39 is 0 Å². The van der Waals surface area contributed by atoms with Gasteiger partial charge in [0.15, 0.2) is 0 Å². The van der Waals surface area contributed by atoms with E-state index >= 15 is 0 Å². The van der Waals surface area contributed by atoms with Crippen LogP contribution in [-0.2, 0) is 11.2 Å². The summed E-state index contributed by atoms with van der Waals surface area (Å²) in [6.45, 7) is 6.19. The molecule has 0 atom stereocenters. The predicted octanol–water partition coefficient (Wildman–Crippen LogP) is 2.46. The molecule has 0 fully saturated rings. The zero-order valence-electron chi connectivity index (χ0n) is 12.2. The lowest BCUT2D eigenvalue weighted by molar-refractivity contribution is -0.115. The molecule has 0 radical (unpaired) electrons. The van der Waals surface area contributed by atoms with Crippen LogP contribution in [0.1, 0.15) is 44.1 Å². The molecule has 0 unspecified atom stereocenters.